The number of alkyl halides is 3. The van der Waals surface area contributed by atoms with Gasteiger partial charge in [0.05, 0.1) is 30.1 Å². The van der Waals surface area contributed by atoms with Gasteiger partial charge in [-0.25, -0.2) is 9.97 Å². The van der Waals surface area contributed by atoms with Crippen molar-refractivity contribution >= 4 is 11.6 Å². The summed E-state index contributed by atoms with van der Waals surface area (Å²) < 4.78 is 48.9. The molecule has 0 spiro atoms. The number of nitrogens with zero attached hydrogens (tertiary/aromatic N) is 2. The molecule has 3 rings (SSSR count). The van der Waals surface area contributed by atoms with E-state index in [0.29, 0.717) is 29.4 Å². The molecule has 1 unspecified atom stereocenters. The van der Waals surface area contributed by atoms with Crippen molar-refractivity contribution in [2.45, 2.75) is 31.5 Å². The Morgan fingerprint density at radius 3 is 2.71 bits per heavy atom. The molecule has 1 aromatic heterocycles. The van der Waals surface area contributed by atoms with Crippen molar-refractivity contribution in [1.29, 1.82) is 0 Å². The molecule has 24 heavy (non-hydrogen) atoms. The van der Waals surface area contributed by atoms with Gasteiger partial charge in [0, 0.05) is 12.0 Å². The molecule has 0 saturated carbocycles. The van der Waals surface area contributed by atoms with Crippen LogP contribution in [0.3, 0.4) is 0 Å². The van der Waals surface area contributed by atoms with Crippen LogP contribution in [0.15, 0.2) is 30.6 Å². The summed E-state index contributed by atoms with van der Waals surface area (Å²) in [6, 6.07) is 5.41. The number of aromatic nitrogens is 2. The minimum absolute atomic E-state index is 0.0768. The van der Waals surface area contributed by atoms with Crippen molar-refractivity contribution in [2.75, 3.05) is 6.61 Å². The van der Waals surface area contributed by atoms with Crippen LogP contribution in [0.4, 0.5) is 13.2 Å². The number of benzene rings is 1. The topological polar surface area (TPSA) is 44.2 Å². The predicted molar refractivity (Wildman–Crippen MR) is 81.2 cm³/mol. The molecule has 2 heterocycles. The normalized spacial score (nSPS) is 17.4. The summed E-state index contributed by atoms with van der Waals surface area (Å²) in [7, 11) is 0. The summed E-state index contributed by atoms with van der Waals surface area (Å²) in [5.74, 6) is 0.404. The number of fused-ring (bicyclic) bond motifs is 1. The average Bonchev–Trinajstić information content (AvgIpc) is 2.54. The smallest absolute Gasteiger partial charge is 0.389 e. The second kappa shape index (κ2) is 6.94. The highest BCUT2D eigenvalue weighted by molar-refractivity contribution is 6.30. The van der Waals surface area contributed by atoms with E-state index < -0.39 is 18.7 Å². The van der Waals surface area contributed by atoms with Crippen LogP contribution in [-0.4, -0.2) is 22.8 Å². The summed E-state index contributed by atoms with van der Waals surface area (Å²) in [6.07, 6.45) is -2.57. The lowest BCUT2D eigenvalue weighted by Crippen LogP contribution is -2.19. The van der Waals surface area contributed by atoms with E-state index in [1.165, 1.54) is 12.4 Å². The van der Waals surface area contributed by atoms with E-state index in [1.54, 1.807) is 12.1 Å². The average molecular weight is 359 g/mol. The highest BCUT2D eigenvalue weighted by Crippen LogP contribution is 2.40. The molecule has 0 bridgehead atoms. The molecule has 1 aliphatic heterocycles. The largest absolute Gasteiger partial charge is 0.424 e. The fourth-order valence-electron chi connectivity index (χ4n) is 2.63. The third-order valence-electron chi connectivity index (χ3n) is 3.66. The summed E-state index contributed by atoms with van der Waals surface area (Å²) in [6.45, 7) is 0.385. The monoisotopic (exact) mass is 358 g/mol. The third kappa shape index (κ3) is 4.15. The summed E-state index contributed by atoms with van der Waals surface area (Å²) in [5, 5.41) is 0.365. The van der Waals surface area contributed by atoms with Crippen LogP contribution in [0.1, 0.15) is 30.1 Å². The Bertz CT molecular complexity index is 707. The molecule has 4 nitrogen and oxygen atoms in total. The maximum absolute atomic E-state index is 12.6. The lowest BCUT2D eigenvalue weighted by atomic mass is 9.94. The summed E-state index contributed by atoms with van der Waals surface area (Å²) in [5.41, 5.74) is 1.55. The van der Waals surface area contributed by atoms with Crippen LogP contribution >= 0.6 is 11.6 Å². The van der Waals surface area contributed by atoms with Gasteiger partial charge < -0.3 is 9.47 Å². The van der Waals surface area contributed by atoms with E-state index in [0.717, 1.165) is 5.56 Å². The van der Waals surface area contributed by atoms with Crippen LogP contribution < -0.4 is 4.74 Å². The number of hydrogen-bond acceptors (Lipinski definition) is 4. The van der Waals surface area contributed by atoms with Crippen molar-refractivity contribution in [1.82, 2.24) is 9.97 Å². The lowest BCUT2D eigenvalue weighted by molar-refractivity contribution is -0.142. The molecule has 1 atom stereocenters. The Labute approximate surface area is 141 Å². The van der Waals surface area contributed by atoms with E-state index in [4.69, 9.17) is 21.1 Å². The first-order chi connectivity index (χ1) is 11.4. The molecule has 0 amide bonds. The van der Waals surface area contributed by atoms with Crippen LogP contribution in [0, 0.1) is 0 Å². The summed E-state index contributed by atoms with van der Waals surface area (Å²) >= 11 is 5.73. The molecule has 1 aliphatic rings. The van der Waals surface area contributed by atoms with E-state index in [9.17, 15) is 13.2 Å². The van der Waals surface area contributed by atoms with Crippen LogP contribution in [0.5, 0.6) is 11.8 Å². The van der Waals surface area contributed by atoms with Crippen molar-refractivity contribution in [3.63, 3.8) is 0 Å². The number of halogens is 4. The molecule has 0 radical (unpaired) electrons. The maximum Gasteiger partial charge on any atom is 0.389 e. The van der Waals surface area contributed by atoms with Gasteiger partial charge in [0.25, 0.3) is 0 Å². The van der Waals surface area contributed by atoms with Gasteiger partial charge in [0.2, 0.25) is 0 Å². The van der Waals surface area contributed by atoms with Gasteiger partial charge >= 0.3 is 12.2 Å². The number of ether oxygens (including phenoxy) is 2. The minimum atomic E-state index is -4.23. The fraction of sp³-hybridized carbons (Fsp3) is 0.375. The van der Waals surface area contributed by atoms with Crippen LogP contribution in [0.2, 0.25) is 5.02 Å². The first-order valence-corrected chi connectivity index (χ1v) is 7.76. The SMILES string of the molecule is FC(F)(F)CCC1OCCc2cccc(Oc3ncc(Cl)cn3)c21. The highest BCUT2D eigenvalue weighted by atomic mass is 35.5. The highest BCUT2D eigenvalue weighted by Gasteiger charge is 2.32. The van der Waals surface area contributed by atoms with Crippen LogP contribution in [0.25, 0.3) is 0 Å². The van der Waals surface area contributed by atoms with Crippen molar-refractivity contribution in [3.05, 3.63) is 46.7 Å². The predicted octanol–water partition coefficient (Wildman–Crippen LogP) is 4.88. The molecule has 0 saturated heterocycles. The zero-order valence-electron chi connectivity index (χ0n) is 12.5. The molecule has 0 aliphatic carbocycles. The van der Waals surface area contributed by atoms with Crippen LogP contribution in [-0.2, 0) is 11.2 Å². The Balaban J connectivity index is 1.87. The van der Waals surface area contributed by atoms with Gasteiger partial charge in [0.1, 0.15) is 5.75 Å². The molecule has 0 N–H and O–H groups in total. The van der Waals surface area contributed by atoms with Gasteiger partial charge in [-0.2, -0.15) is 13.2 Å². The van der Waals surface area contributed by atoms with Crippen molar-refractivity contribution in [3.8, 4) is 11.8 Å². The lowest BCUT2D eigenvalue weighted by Gasteiger charge is -2.28. The molecule has 1 aromatic carbocycles. The van der Waals surface area contributed by atoms with E-state index >= 15 is 0 Å². The minimum Gasteiger partial charge on any atom is -0.424 e. The van der Waals surface area contributed by atoms with Gasteiger partial charge in [-0.15, -0.1) is 0 Å². The molecule has 0 fully saturated rings. The molecule has 8 heteroatoms. The van der Waals surface area contributed by atoms with E-state index in [1.807, 2.05) is 6.07 Å². The third-order valence-corrected chi connectivity index (χ3v) is 3.85. The Morgan fingerprint density at radius 2 is 2.00 bits per heavy atom. The first-order valence-electron chi connectivity index (χ1n) is 7.38. The van der Waals surface area contributed by atoms with Crippen molar-refractivity contribution in [2.24, 2.45) is 0 Å². The molecule has 128 valence electrons. The molecule has 2 aromatic rings. The quantitative estimate of drug-likeness (QED) is 0.781. The Kier molecular flexibility index (Phi) is 4.91. The van der Waals surface area contributed by atoms with E-state index in [2.05, 4.69) is 9.97 Å². The van der Waals surface area contributed by atoms with Gasteiger partial charge in [-0.3, -0.25) is 0 Å². The Morgan fingerprint density at radius 1 is 1.25 bits per heavy atom. The summed E-state index contributed by atoms with van der Waals surface area (Å²) in [4.78, 5) is 7.89. The van der Waals surface area contributed by atoms with Gasteiger partial charge in [0.15, 0.2) is 0 Å². The van der Waals surface area contributed by atoms with E-state index in [-0.39, 0.29) is 12.4 Å². The maximum atomic E-state index is 12.6. The Hall–Kier alpha value is -1.86. The van der Waals surface area contributed by atoms with Gasteiger partial charge in [-0.05, 0) is 24.5 Å². The molecular weight excluding hydrogens is 345 g/mol. The zero-order chi connectivity index (χ0) is 17.2. The second-order valence-electron chi connectivity index (χ2n) is 5.38. The fourth-order valence-corrected chi connectivity index (χ4v) is 2.73. The number of rotatable bonds is 4. The zero-order valence-corrected chi connectivity index (χ0v) is 13.3. The van der Waals surface area contributed by atoms with Gasteiger partial charge in [-0.1, -0.05) is 23.7 Å². The second-order valence-corrected chi connectivity index (χ2v) is 5.81. The molecular formula is C16H14ClF3N2O2. The first kappa shape index (κ1) is 17.0. The number of hydrogen-bond donors (Lipinski definition) is 0. The van der Waals surface area contributed by atoms with Crippen molar-refractivity contribution < 1.29 is 22.6 Å². The standard InChI is InChI=1S/C16H14ClF3N2O2/c17-11-8-21-15(22-9-11)24-13-3-1-2-10-5-7-23-12(14(10)13)4-6-16(18,19)20/h1-3,8-9,12H,4-7H2.